The summed E-state index contributed by atoms with van der Waals surface area (Å²) in [6.45, 7) is 5.66. The highest BCUT2D eigenvalue weighted by Gasteiger charge is 2.17. The van der Waals surface area contributed by atoms with E-state index in [1.54, 1.807) is 0 Å². The van der Waals surface area contributed by atoms with Crippen molar-refractivity contribution in [3.63, 3.8) is 0 Å². The monoisotopic (exact) mass is 217 g/mol. The molecule has 0 unspecified atom stereocenters. The fourth-order valence-electron chi connectivity index (χ4n) is 2.47. The lowest BCUT2D eigenvalue weighted by atomic mass is 9.83. The molecule has 0 atom stereocenters. The predicted molar refractivity (Wildman–Crippen MR) is 70.8 cm³/mol. The van der Waals surface area contributed by atoms with Crippen LogP contribution in [-0.2, 0) is 0 Å². The third-order valence-electron chi connectivity index (χ3n) is 3.78. The Morgan fingerprint density at radius 1 is 1.06 bits per heavy atom. The van der Waals surface area contributed by atoms with Gasteiger partial charge in [-0.25, -0.2) is 0 Å². The summed E-state index contributed by atoms with van der Waals surface area (Å²) in [7, 11) is 0. The highest BCUT2D eigenvalue weighted by Crippen LogP contribution is 2.28. The number of rotatable bonds is 3. The van der Waals surface area contributed by atoms with E-state index in [-0.39, 0.29) is 0 Å². The summed E-state index contributed by atoms with van der Waals surface area (Å²) in [5.41, 5.74) is 2.60. The van der Waals surface area contributed by atoms with E-state index >= 15 is 0 Å². The lowest BCUT2D eigenvalue weighted by molar-refractivity contribution is 0.300. The Kier molecular flexibility index (Phi) is 3.87. The summed E-state index contributed by atoms with van der Waals surface area (Å²) >= 11 is 0. The molecule has 0 saturated heterocycles. The minimum absolute atomic E-state index is 0.887. The summed E-state index contributed by atoms with van der Waals surface area (Å²) in [5.74, 6) is 1.84. The molecule has 16 heavy (non-hydrogen) atoms. The van der Waals surface area contributed by atoms with Crippen LogP contribution >= 0.6 is 0 Å². The second-order valence-electron chi connectivity index (χ2n) is 5.37. The zero-order valence-electron chi connectivity index (χ0n) is 10.5. The first-order valence-electron chi connectivity index (χ1n) is 6.54. The van der Waals surface area contributed by atoms with Gasteiger partial charge in [-0.15, -0.1) is 0 Å². The number of aryl methyl sites for hydroxylation is 1. The molecule has 1 aliphatic carbocycles. The van der Waals surface area contributed by atoms with Gasteiger partial charge in [0.1, 0.15) is 0 Å². The van der Waals surface area contributed by atoms with Crippen molar-refractivity contribution in [3.05, 3.63) is 29.8 Å². The molecule has 0 heterocycles. The van der Waals surface area contributed by atoms with Crippen molar-refractivity contribution in [1.29, 1.82) is 0 Å². The molecule has 2 rings (SSSR count). The van der Waals surface area contributed by atoms with Crippen molar-refractivity contribution in [1.82, 2.24) is 0 Å². The average Bonchev–Trinajstić information content (AvgIpc) is 2.30. The second kappa shape index (κ2) is 5.38. The Labute approximate surface area is 99.3 Å². The van der Waals surface area contributed by atoms with Gasteiger partial charge in [0.2, 0.25) is 0 Å². The molecule has 0 aliphatic heterocycles. The van der Waals surface area contributed by atoms with E-state index < -0.39 is 0 Å². The van der Waals surface area contributed by atoms with E-state index in [1.807, 2.05) is 0 Å². The number of anilines is 1. The predicted octanol–water partition coefficient (Wildman–Crippen LogP) is 4.23. The van der Waals surface area contributed by atoms with Crippen LogP contribution in [0.3, 0.4) is 0 Å². The van der Waals surface area contributed by atoms with Crippen molar-refractivity contribution >= 4 is 5.69 Å². The first-order chi connectivity index (χ1) is 7.74. The molecule has 0 aromatic heterocycles. The van der Waals surface area contributed by atoms with Crippen LogP contribution in [0.4, 0.5) is 5.69 Å². The van der Waals surface area contributed by atoms with Crippen molar-refractivity contribution in [2.45, 2.75) is 39.5 Å². The second-order valence-corrected chi connectivity index (χ2v) is 5.37. The Morgan fingerprint density at radius 2 is 1.69 bits per heavy atom. The molecule has 88 valence electrons. The Balaban J connectivity index is 1.77. The molecule has 1 aliphatic rings. The van der Waals surface area contributed by atoms with E-state index in [0.717, 1.165) is 18.4 Å². The maximum atomic E-state index is 3.56. The van der Waals surface area contributed by atoms with Gasteiger partial charge in [-0.05, 0) is 43.7 Å². The van der Waals surface area contributed by atoms with Gasteiger partial charge < -0.3 is 5.32 Å². The fraction of sp³-hybridized carbons (Fsp3) is 0.600. The minimum atomic E-state index is 0.887. The molecule has 0 radical (unpaired) electrons. The van der Waals surface area contributed by atoms with Crippen LogP contribution in [0.5, 0.6) is 0 Å². The van der Waals surface area contributed by atoms with Gasteiger partial charge in [0, 0.05) is 12.2 Å². The Bertz CT molecular complexity index is 307. The van der Waals surface area contributed by atoms with Crippen molar-refractivity contribution in [2.24, 2.45) is 11.8 Å². The first-order valence-corrected chi connectivity index (χ1v) is 6.54. The summed E-state index contributed by atoms with van der Waals surface area (Å²) in [6.07, 6.45) is 5.64. The molecule has 1 N–H and O–H groups in total. The summed E-state index contributed by atoms with van der Waals surface area (Å²) in [6, 6.07) is 8.71. The number of hydrogen-bond donors (Lipinski definition) is 1. The van der Waals surface area contributed by atoms with Crippen molar-refractivity contribution in [2.75, 3.05) is 11.9 Å². The van der Waals surface area contributed by atoms with Crippen LogP contribution in [0.25, 0.3) is 0 Å². The maximum absolute atomic E-state index is 3.56. The lowest BCUT2D eigenvalue weighted by Gasteiger charge is -2.26. The maximum Gasteiger partial charge on any atom is 0.0340 e. The quantitative estimate of drug-likeness (QED) is 0.798. The van der Waals surface area contributed by atoms with E-state index in [9.17, 15) is 0 Å². The molecule has 1 heteroatoms. The van der Waals surface area contributed by atoms with Gasteiger partial charge in [0.05, 0.1) is 0 Å². The number of hydrogen-bond acceptors (Lipinski definition) is 1. The zero-order valence-corrected chi connectivity index (χ0v) is 10.5. The largest absolute Gasteiger partial charge is 0.385 e. The molecule has 0 spiro atoms. The van der Waals surface area contributed by atoms with Gasteiger partial charge in [-0.1, -0.05) is 37.5 Å². The molecule has 1 saturated carbocycles. The van der Waals surface area contributed by atoms with Gasteiger partial charge in [-0.3, -0.25) is 0 Å². The standard InChI is InChI=1S/C15H23N/c1-12-3-7-14(8-4-12)11-16-15-9-5-13(2)6-10-15/h5-6,9-10,12,14,16H,3-4,7-8,11H2,1-2H3. The summed E-state index contributed by atoms with van der Waals surface area (Å²) in [5, 5.41) is 3.56. The van der Waals surface area contributed by atoms with E-state index in [0.29, 0.717) is 0 Å². The topological polar surface area (TPSA) is 12.0 Å². The number of nitrogens with one attached hydrogen (secondary N) is 1. The Hall–Kier alpha value is -0.980. The third kappa shape index (κ3) is 3.26. The van der Waals surface area contributed by atoms with E-state index in [4.69, 9.17) is 0 Å². The fourth-order valence-corrected chi connectivity index (χ4v) is 2.47. The SMILES string of the molecule is Cc1ccc(NCC2CCC(C)CC2)cc1. The molecule has 1 aromatic carbocycles. The molecule has 1 fully saturated rings. The highest BCUT2D eigenvalue weighted by atomic mass is 14.9. The Morgan fingerprint density at radius 3 is 2.31 bits per heavy atom. The minimum Gasteiger partial charge on any atom is -0.385 e. The van der Waals surface area contributed by atoms with Crippen LogP contribution in [0.15, 0.2) is 24.3 Å². The molecule has 1 aromatic rings. The smallest absolute Gasteiger partial charge is 0.0340 e. The normalized spacial score (nSPS) is 25.4. The number of benzene rings is 1. The molecular formula is C15H23N. The van der Waals surface area contributed by atoms with Crippen molar-refractivity contribution < 1.29 is 0 Å². The molecule has 0 bridgehead atoms. The molecular weight excluding hydrogens is 194 g/mol. The summed E-state index contributed by atoms with van der Waals surface area (Å²) < 4.78 is 0. The van der Waals surface area contributed by atoms with Crippen LogP contribution in [0, 0.1) is 18.8 Å². The van der Waals surface area contributed by atoms with E-state index in [1.165, 1.54) is 36.9 Å². The van der Waals surface area contributed by atoms with Crippen molar-refractivity contribution in [3.8, 4) is 0 Å². The lowest BCUT2D eigenvalue weighted by Crippen LogP contribution is -2.20. The highest BCUT2D eigenvalue weighted by molar-refractivity contribution is 5.44. The third-order valence-corrected chi connectivity index (χ3v) is 3.78. The molecule has 1 nitrogen and oxygen atoms in total. The van der Waals surface area contributed by atoms with Crippen LogP contribution in [0.2, 0.25) is 0 Å². The first kappa shape index (κ1) is 11.5. The average molecular weight is 217 g/mol. The van der Waals surface area contributed by atoms with Crippen LogP contribution in [0.1, 0.15) is 38.2 Å². The van der Waals surface area contributed by atoms with Crippen LogP contribution in [-0.4, -0.2) is 6.54 Å². The zero-order chi connectivity index (χ0) is 11.4. The van der Waals surface area contributed by atoms with Crippen LogP contribution < -0.4 is 5.32 Å². The van der Waals surface area contributed by atoms with Gasteiger partial charge in [0.15, 0.2) is 0 Å². The van der Waals surface area contributed by atoms with Gasteiger partial charge in [0.25, 0.3) is 0 Å². The summed E-state index contributed by atoms with van der Waals surface area (Å²) in [4.78, 5) is 0. The van der Waals surface area contributed by atoms with Gasteiger partial charge >= 0.3 is 0 Å². The van der Waals surface area contributed by atoms with E-state index in [2.05, 4.69) is 43.4 Å². The molecule has 0 amide bonds. The van der Waals surface area contributed by atoms with Gasteiger partial charge in [-0.2, -0.15) is 0 Å².